The van der Waals surface area contributed by atoms with E-state index in [4.69, 9.17) is 10.5 Å². The maximum Gasteiger partial charge on any atom is 0.341 e. The van der Waals surface area contributed by atoms with Gasteiger partial charge in [0.2, 0.25) is 0 Å². The number of nitrogen functional groups attached to an aromatic ring is 1. The van der Waals surface area contributed by atoms with Gasteiger partial charge in [-0.25, -0.2) is 14.2 Å². The van der Waals surface area contributed by atoms with E-state index in [1.54, 1.807) is 25.2 Å². The number of carbonyl (C=O) groups excluding carboxylic acids is 1. The molecule has 20 heavy (non-hydrogen) atoms. The van der Waals surface area contributed by atoms with Gasteiger partial charge < -0.3 is 15.4 Å². The number of nitrogens with two attached hydrogens (primary N) is 1. The summed E-state index contributed by atoms with van der Waals surface area (Å²) < 4.78 is 18.5. The molecule has 0 spiro atoms. The smallest absolute Gasteiger partial charge is 0.341 e. The third-order valence-corrected chi connectivity index (χ3v) is 2.82. The first-order valence-corrected chi connectivity index (χ1v) is 5.86. The number of halogens is 1. The lowest BCUT2D eigenvalue weighted by Gasteiger charge is -2.21. The molecule has 1 aromatic carbocycles. The Balaban J connectivity index is 2.52. The standard InChI is InChI=1S/C14H14FN3O2/c1-18(12-6-4-3-5-11(12)15)13-10(14(19)20-2)7-9(16)8-17-13/h3-8H,16H2,1-2H3. The van der Waals surface area contributed by atoms with Gasteiger partial charge >= 0.3 is 5.97 Å². The number of carbonyl (C=O) groups is 1. The number of hydrogen-bond donors (Lipinski definition) is 1. The van der Waals surface area contributed by atoms with Crippen LogP contribution in [0.5, 0.6) is 0 Å². The first-order chi connectivity index (χ1) is 9.54. The second kappa shape index (κ2) is 5.56. The maximum absolute atomic E-state index is 13.8. The van der Waals surface area contributed by atoms with Crippen LogP contribution in [0.15, 0.2) is 36.5 Å². The van der Waals surface area contributed by atoms with Gasteiger partial charge in [-0.05, 0) is 18.2 Å². The van der Waals surface area contributed by atoms with Gasteiger partial charge in [0.15, 0.2) is 0 Å². The van der Waals surface area contributed by atoms with E-state index >= 15 is 0 Å². The first-order valence-electron chi connectivity index (χ1n) is 5.86. The van der Waals surface area contributed by atoms with E-state index in [0.29, 0.717) is 11.4 Å². The molecule has 0 radical (unpaired) electrons. The molecule has 0 amide bonds. The van der Waals surface area contributed by atoms with Gasteiger partial charge in [0.05, 0.1) is 24.7 Å². The predicted octanol–water partition coefficient (Wildman–Crippen LogP) is 2.36. The van der Waals surface area contributed by atoms with Crippen molar-refractivity contribution in [3.8, 4) is 0 Å². The van der Waals surface area contributed by atoms with Crippen LogP contribution in [0.3, 0.4) is 0 Å². The van der Waals surface area contributed by atoms with Crippen LogP contribution in [-0.2, 0) is 4.74 Å². The summed E-state index contributed by atoms with van der Waals surface area (Å²) in [6, 6.07) is 7.66. The number of para-hydroxylation sites is 1. The Kier molecular flexibility index (Phi) is 3.84. The molecule has 6 heteroatoms. The lowest BCUT2D eigenvalue weighted by Crippen LogP contribution is -2.18. The number of hydrogen-bond acceptors (Lipinski definition) is 5. The zero-order valence-corrected chi connectivity index (χ0v) is 11.1. The molecule has 0 aliphatic carbocycles. The number of aromatic nitrogens is 1. The van der Waals surface area contributed by atoms with Crippen LogP contribution in [0, 0.1) is 5.82 Å². The van der Waals surface area contributed by atoms with Gasteiger partial charge in [0, 0.05) is 7.05 Å². The molecule has 0 bridgehead atoms. The lowest BCUT2D eigenvalue weighted by atomic mass is 10.2. The lowest BCUT2D eigenvalue weighted by molar-refractivity contribution is 0.0601. The largest absolute Gasteiger partial charge is 0.465 e. The average molecular weight is 275 g/mol. The molecule has 1 heterocycles. The van der Waals surface area contributed by atoms with E-state index in [2.05, 4.69) is 4.98 Å². The van der Waals surface area contributed by atoms with Crippen LogP contribution in [-0.4, -0.2) is 25.1 Å². The Labute approximate surface area is 115 Å². The molecular formula is C14H14FN3O2. The zero-order valence-electron chi connectivity index (χ0n) is 11.1. The SMILES string of the molecule is COC(=O)c1cc(N)cnc1N(C)c1ccccc1F. The van der Waals surface area contributed by atoms with Crippen LogP contribution < -0.4 is 10.6 Å². The van der Waals surface area contributed by atoms with Gasteiger partial charge in [0.1, 0.15) is 17.2 Å². The molecule has 0 fully saturated rings. The van der Waals surface area contributed by atoms with E-state index in [1.165, 1.54) is 30.3 Å². The van der Waals surface area contributed by atoms with Gasteiger partial charge in [-0.1, -0.05) is 12.1 Å². The minimum atomic E-state index is -0.581. The van der Waals surface area contributed by atoms with Crippen LogP contribution in [0.4, 0.5) is 21.6 Å². The monoisotopic (exact) mass is 275 g/mol. The summed E-state index contributed by atoms with van der Waals surface area (Å²) in [5.74, 6) is -0.719. The van der Waals surface area contributed by atoms with Gasteiger partial charge in [-0.3, -0.25) is 0 Å². The third-order valence-electron chi connectivity index (χ3n) is 2.82. The van der Waals surface area contributed by atoms with E-state index in [0.717, 1.165) is 0 Å². The van der Waals surface area contributed by atoms with Crippen LogP contribution in [0.2, 0.25) is 0 Å². The van der Waals surface area contributed by atoms with Crippen LogP contribution in [0.1, 0.15) is 10.4 Å². The molecule has 0 atom stereocenters. The van der Waals surface area contributed by atoms with Crippen molar-refractivity contribution in [1.82, 2.24) is 4.98 Å². The Hall–Kier alpha value is -2.63. The number of ether oxygens (including phenoxy) is 1. The quantitative estimate of drug-likeness (QED) is 0.871. The third kappa shape index (κ3) is 2.54. The highest BCUT2D eigenvalue weighted by Crippen LogP contribution is 2.28. The van der Waals surface area contributed by atoms with E-state index in [1.807, 2.05) is 0 Å². The van der Waals surface area contributed by atoms with E-state index < -0.39 is 11.8 Å². The second-order valence-electron chi connectivity index (χ2n) is 4.14. The molecule has 0 aliphatic heterocycles. The molecule has 1 aromatic heterocycles. The van der Waals surface area contributed by atoms with Crippen molar-refractivity contribution in [2.24, 2.45) is 0 Å². The summed E-state index contributed by atoms with van der Waals surface area (Å²) in [4.78, 5) is 17.3. The fourth-order valence-corrected chi connectivity index (χ4v) is 1.84. The fourth-order valence-electron chi connectivity index (χ4n) is 1.84. The zero-order chi connectivity index (χ0) is 14.7. The number of esters is 1. The van der Waals surface area contributed by atoms with Crippen molar-refractivity contribution in [2.75, 3.05) is 24.8 Å². The Bertz CT molecular complexity index is 646. The highest BCUT2D eigenvalue weighted by atomic mass is 19.1. The highest BCUT2D eigenvalue weighted by molar-refractivity contribution is 5.96. The highest BCUT2D eigenvalue weighted by Gasteiger charge is 2.19. The summed E-state index contributed by atoms with van der Waals surface area (Å²) in [6.07, 6.45) is 1.40. The summed E-state index contributed by atoms with van der Waals surface area (Å²) in [7, 11) is 2.88. The summed E-state index contributed by atoms with van der Waals surface area (Å²) >= 11 is 0. The minimum Gasteiger partial charge on any atom is -0.465 e. The summed E-state index contributed by atoms with van der Waals surface area (Å²) in [6.45, 7) is 0. The summed E-state index contributed by atoms with van der Waals surface area (Å²) in [5, 5.41) is 0. The maximum atomic E-state index is 13.8. The number of anilines is 3. The normalized spacial score (nSPS) is 10.2. The van der Waals surface area contributed by atoms with Crippen molar-refractivity contribution < 1.29 is 13.9 Å². The number of rotatable bonds is 3. The van der Waals surface area contributed by atoms with Crippen molar-refractivity contribution in [2.45, 2.75) is 0 Å². The Morgan fingerprint density at radius 3 is 2.75 bits per heavy atom. The number of benzene rings is 1. The first kappa shape index (κ1) is 13.8. The number of methoxy groups -OCH3 is 1. The summed E-state index contributed by atoms with van der Waals surface area (Å²) in [5.41, 5.74) is 6.44. The topological polar surface area (TPSA) is 68.5 Å². The Morgan fingerprint density at radius 2 is 2.10 bits per heavy atom. The Morgan fingerprint density at radius 1 is 1.40 bits per heavy atom. The molecule has 104 valence electrons. The molecule has 0 aliphatic rings. The van der Waals surface area contributed by atoms with Gasteiger partial charge in [0.25, 0.3) is 0 Å². The fraction of sp³-hybridized carbons (Fsp3) is 0.143. The molecule has 2 N–H and O–H groups in total. The molecule has 0 unspecified atom stereocenters. The molecule has 2 aromatic rings. The second-order valence-corrected chi connectivity index (χ2v) is 4.14. The molecule has 0 saturated heterocycles. The van der Waals surface area contributed by atoms with Crippen molar-refractivity contribution in [3.05, 3.63) is 47.9 Å². The predicted molar refractivity (Wildman–Crippen MR) is 74.5 cm³/mol. The number of pyridine rings is 1. The van der Waals surface area contributed by atoms with Crippen LogP contribution >= 0.6 is 0 Å². The molecular weight excluding hydrogens is 261 g/mol. The number of nitrogens with zero attached hydrogens (tertiary/aromatic N) is 2. The minimum absolute atomic E-state index is 0.179. The van der Waals surface area contributed by atoms with Crippen molar-refractivity contribution in [1.29, 1.82) is 0 Å². The van der Waals surface area contributed by atoms with Crippen molar-refractivity contribution >= 4 is 23.2 Å². The molecule has 0 saturated carbocycles. The molecule has 2 rings (SSSR count). The average Bonchev–Trinajstić information content (AvgIpc) is 2.46. The van der Waals surface area contributed by atoms with E-state index in [-0.39, 0.29) is 11.4 Å². The molecule has 5 nitrogen and oxygen atoms in total. The van der Waals surface area contributed by atoms with Crippen molar-refractivity contribution in [3.63, 3.8) is 0 Å². The van der Waals surface area contributed by atoms with Gasteiger partial charge in [-0.2, -0.15) is 0 Å². The van der Waals surface area contributed by atoms with E-state index in [9.17, 15) is 9.18 Å². The van der Waals surface area contributed by atoms with Gasteiger partial charge in [-0.15, -0.1) is 0 Å². The van der Waals surface area contributed by atoms with Crippen LogP contribution in [0.25, 0.3) is 0 Å².